The van der Waals surface area contributed by atoms with E-state index in [0.717, 1.165) is 0 Å². The lowest BCUT2D eigenvalue weighted by molar-refractivity contribution is -0.176. The van der Waals surface area contributed by atoms with Gasteiger partial charge in [-0.3, -0.25) is 19.2 Å². The van der Waals surface area contributed by atoms with Gasteiger partial charge in [-0.05, 0) is 24.2 Å². The highest BCUT2D eigenvalue weighted by molar-refractivity contribution is 6.15. The summed E-state index contributed by atoms with van der Waals surface area (Å²) in [5.74, 6) is -4.62. The molecule has 4 aliphatic carbocycles. The lowest BCUT2D eigenvalue weighted by Crippen LogP contribution is -2.64. The average Bonchev–Trinajstić information content (AvgIpc) is 2.61. The lowest BCUT2D eigenvalue weighted by Gasteiger charge is -2.59. The van der Waals surface area contributed by atoms with Crippen molar-refractivity contribution < 1.29 is 28.7 Å². The van der Waals surface area contributed by atoms with Crippen LogP contribution in [0.3, 0.4) is 0 Å². The molecule has 0 aromatic rings. The van der Waals surface area contributed by atoms with E-state index in [1.165, 1.54) is 0 Å². The van der Waals surface area contributed by atoms with E-state index in [-0.39, 0.29) is 23.7 Å². The molecule has 0 radical (unpaired) electrons. The Bertz CT molecular complexity index is 648. The molecular weight excluding hydrogens is 264 g/mol. The molecule has 6 rings (SSSR count). The van der Waals surface area contributed by atoms with Crippen molar-refractivity contribution >= 4 is 23.9 Å². The average molecular weight is 274 g/mol. The summed E-state index contributed by atoms with van der Waals surface area (Å²) in [6.07, 6.45) is 4.35. The van der Waals surface area contributed by atoms with Crippen molar-refractivity contribution in [3.05, 3.63) is 12.2 Å². The second-order valence-corrected chi connectivity index (χ2v) is 6.34. The molecule has 0 amide bonds. The summed E-state index contributed by atoms with van der Waals surface area (Å²) in [5, 5.41) is 0. The molecule has 0 aromatic carbocycles. The Morgan fingerprint density at radius 2 is 1.70 bits per heavy atom. The van der Waals surface area contributed by atoms with Crippen LogP contribution in [0, 0.1) is 40.9 Å². The summed E-state index contributed by atoms with van der Waals surface area (Å²) in [6, 6.07) is 0. The summed E-state index contributed by atoms with van der Waals surface area (Å²) in [6.45, 7) is 0. The highest BCUT2D eigenvalue weighted by Gasteiger charge is 2.80. The molecule has 2 heterocycles. The van der Waals surface area contributed by atoms with Crippen LogP contribution in [0.4, 0.5) is 0 Å². The zero-order valence-corrected chi connectivity index (χ0v) is 10.3. The molecule has 102 valence electrons. The zero-order chi connectivity index (χ0) is 13.8. The molecule has 2 aliphatic heterocycles. The minimum absolute atomic E-state index is 0.0707. The van der Waals surface area contributed by atoms with E-state index in [0.29, 0.717) is 6.42 Å². The molecule has 0 N–H and O–H groups in total. The Hall–Kier alpha value is -1.98. The quantitative estimate of drug-likeness (QED) is 0.346. The van der Waals surface area contributed by atoms with Gasteiger partial charge < -0.3 is 9.47 Å². The molecule has 7 atom stereocenters. The number of esters is 4. The molecule has 1 spiro atoms. The van der Waals surface area contributed by atoms with Crippen LogP contribution in [-0.2, 0) is 28.7 Å². The van der Waals surface area contributed by atoms with Crippen LogP contribution in [0.25, 0.3) is 0 Å². The fraction of sp³-hybridized carbons (Fsp3) is 0.571. The molecule has 20 heavy (non-hydrogen) atoms. The van der Waals surface area contributed by atoms with E-state index < -0.39 is 41.1 Å². The summed E-state index contributed by atoms with van der Waals surface area (Å²) >= 11 is 0. The van der Waals surface area contributed by atoms with Crippen molar-refractivity contribution in [1.82, 2.24) is 0 Å². The first-order valence-electron chi connectivity index (χ1n) is 6.77. The SMILES string of the molecule is O=C1OC(=O)C23C(=O)OC(=O)C2C2C=CC3C3C1CC23. The third-order valence-electron chi connectivity index (χ3n) is 5.95. The highest BCUT2D eigenvalue weighted by atomic mass is 16.6. The summed E-state index contributed by atoms with van der Waals surface area (Å²) in [5.41, 5.74) is -1.61. The van der Waals surface area contributed by atoms with Crippen LogP contribution < -0.4 is 0 Å². The number of ether oxygens (including phenoxy) is 2. The van der Waals surface area contributed by atoms with E-state index in [9.17, 15) is 19.2 Å². The Balaban J connectivity index is 1.83. The monoisotopic (exact) mass is 274 g/mol. The van der Waals surface area contributed by atoms with E-state index in [2.05, 4.69) is 0 Å². The van der Waals surface area contributed by atoms with Crippen molar-refractivity contribution in [2.75, 3.05) is 0 Å². The van der Waals surface area contributed by atoms with Crippen LogP contribution in [0.1, 0.15) is 6.42 Å². The maximum absolute atomic E-state index is 12.4. The van der Waals surface area contributed by atoms with E-state index >= 15 is 0 Å². The molecule has 6 aliphatic rings. The van der Waals surface area contributed by atoms with E-state index in [4.69, 9.17) is 9.47 Å². The van der Waals surface area contributed by atoms with Gasteiger partial charge in [-0.1, -0.05) is 12.2 Å². The van der Waals surface area contributed by atoms with Gasteiger partial charge in [0.05, 0.1) is 11.8 Å². The number of hydrogen-bond donors (Lipinski definition) is 0. The van der Waals surface area contributed by atoms with Crippen molar-refractivity contribution in [3.63, 3.8) is 0 Å². The van der Waals surface area contributed by atoms with Crippen molar-refractivity contribution in [1.29, 1.82) is 0 Å². The van der Waals surface area contributed by atoms with Crippen molar-refractivity contribution in [2.45, 2.75) is 6.42 Å². The van der Waals surface area contributed by atoms with Crippen LogP contribution >= 0.6 is 0 Å². The first-order valence-corrected chi connectivity index (χ1v) is 6.77. The van der Waals surface area contributed by atoms with Crippen molar-refractivity contribution in [2.24, 2.45) is 40.9 Å². The van der Waals surface area contributed by atoms with E-state index in [1.807, 2.05) is 12.2 Å². The van der Waals surface area contributed by atoms with Gasteiger partial charge in [-0.15, -0.1) is 0 Å². The first kappa shape index (κ1) is 10.8. The van der Waals surface area contributed by atoms with Crippen LogP contribution in [0.15, 0.2) is 12.2 Å². The standard InChI is InChI=1S/C14H10O6/c15-10-6-3-5-4-1-2-7(8(5)6)14(12(17)19-10)9(4)11(16)20-13(14)18/h1-2,4-9H,3H2. The molecule has 6 nitrogen and oxygen atoms in total. The van der Waals surface area contributed by atoms with Gasteiger partial charge in [0.2, 0.25) is 0 Å². The fourth-order valence-corrected chi connectivity index (χ4v) is 5.18. The minimum Gasteiger partial charge on any atom is -0.392 e. The molecule has 4 fully saturated rings. The number of carbonyl (C=O) groups is 4. The molecule has 4 bridgehead atoms. The summed E-state index contributed by atoms with van der Waals surface area (Å²) in [7, 11) is 0. The summed E-state index contributed by atoms with van der Waals surface area (Å²) < 4.78 is 9.65. The minimum atomic E-state index is -1.61. The Kier molecular flexibility index (Phi) is 1.54. The number of allylic oxidation sites excluding steroid dienone is 2. The number of hydrogen-bond acceptors (Lipinski definition) is 6. The topological polar surface area (TPSA) is 86.7 Å². The van der Waals surface area contributed by atoms with Gasteiger partial charge in [0.15, 0.2) is 5.41 Å². The normalized spacial score (nSPS) is 54.0. The number of carbonyl (C=O) groups excluding carboxylic acids is 4. The van der Waals surface area contributed by atoms with Crippen LogP contribution in [-0.4, -0.2) is 23.9 Å². The highest BCUT2D eigenvalue weighted by Crippen LogP contribution is 2.69. The number of rotatable bonds is 0. The smallest absolute Gasteiger partial charge is 0.332 e. The Morgan fingerprint density at radius 3 is 2.45 bits per heavy atom. The maximum Gasteiger partial charge on any atom is 0.332 e. The second kappa shape index (κ2) is 2.87. The van der Waals surface area contributed by atoms with Gasteiger partial charge in [-0.25, -0.2) is 0 Å². The Morgan fingerprint density at radius 1 is 1.00 bits per heavy atom. The molecule has 7 unspecified atom stereocenters. The molecule has 2 saturated heterocycles. The van der Waals surface area contributed by atoms with Gasteiger partial charge >= 0.3 is 23.9 Å². The van der Waals surface area contributed by atoms with Crippen LogP contribution in [0.2, 0.25) is 0 Å². The van der Waals surface area contributed by atoms with E-state index in [1.54, 1.807) is 0 Å². The zero-order valence-electron chi connectivity index (χ0n) is 10.3. The van der Waals surface area contributed by atoms with Gasteiger partial charge in [-0.2, -0.15) is 0 Å². The van der Waals surface area contributed by atoms with Crippen molar-refractivity contribution in [3.8, 4) is 0 Å². The summed E-state index contributed by atoms with van der Waals surface area (Å²) in [4.78, 5) is 48.6. The first-order chi connectivity index (χ1) is 9.56. The third kappa shape index (κ3) is 0.805. The number of cyclic esters (lactones) is 4. The van der Waals surface area contributed by atoms with Gasteiger partial charge in [0, 0.05) is 5.92 Å². The molecule has 6 heteroatoms. The predicted molar refractivity (Wildman–Crippen MR) is 59.3 cm³/mol. The predicted octanol–water partition coefficient (Wildman–Crippen LogP) is -0.176. The second-order valence-electron chi connectivity index (χ2n) is 6.34. The van der Waals surface area contributed by atoms with Crippen LogP contribution in [0.5, 0.6) is 0 Å². The fourth-order valence-electron chi connectivity index (χ4n) is 5.18. The third-order valence-corrected chi connectivity index (χ3v) is 5.95. The molecule has 0 aromatic heterocycles. The van der Waals surface area contributed by atoms with Gasteiger partial charge in [0.25, 0.3) is 0 Å². The Labute approximate surface area is 113 Å². The largest absolute Gasteiger partial charge is 0.392 e. The molecular formula is C14H10O6. The molecule has 2 saturated carbocycles. The van der Waals surface area contributed by atoms with Gasteiger partial charge in [0.1, 0.15) is 0 Å². The lowest BCUT2D eigenvalue weighted by atomic mass is 9.40. The maximum atomic E-state index is 12.4.